The van der Waals surface area contributed by atoms with Crippen LogP contribution in [0.4, 0.5) is 0 Å². The molecule has 19 heavy (non-hydrogen) atoms. The first-order valence-corrected chi connectivity index (χ1v) is 9.09. The average Bonchev–Trinajstić information content (AvgIpc) is 2.50. The Morgan fingerprint density at radius 1 is 0.789 bits per heavy atom. The molecule has 1 nitrogen and oxygen atoms in total. The van der Waals surface area contributed by atoms with Gasteiger partial charge in [0, 0.05) is 0 Å². The third-order valence-corrected chi connectivity index (χ3v) is 8.43. The lowest BCUT2D eigenvalue weighted by Gasteiger charge is -2.33. The van der Waals surface area contributed by atoms with E-state index in [-0.39, 0.29) is 0 Å². The van der Waals surface area contributed by atoms with Crippen molar-refractivity contribution < 1.29 is 4.80 Å². The van der Waals surface area contributed by atoms with E-state index in [2.05, 4.69) is 38.1 Å². The summed E-state index contributed by atoms with van der Waals surface area (Å²) in [5, 5.41) is 2.24. The predicted molar refractivity (Wildman–Crippen MR) is 84.5 cm³/mol. The van der Waals surface area contributed by atoms with Crippen LogP contribution in [0.3, 0.4) is 0 Å². The minimum Gasteiger partial charge on any atom is -0.424 e. The molecule has 0 saturated carbocycles. The van der Waals surface area contributed by atoms with Gasteiger partial charge < -0.3 is 4.80 Å². The van der Waals surface area contributed by atoms with Crippen LogP contribution in [0.5, 0.6) is 0 Å². The van der Waals surface area contributed by atoms with E-state index in [0.717, 1.165) is 23.2 Å². The second kappa shape index (κ2) is 6.18. The number of rotatable bonds is 5. The Bertz CT molecular complexity index is 452. The van der Waals surface area contributed by atoms with Gasteiger partial charge in [0.2, 0.25) is 0 Å². The van der Waals surface area contributed by atoms with E-state index in [1.807, 2.05) is 36.4 Å². The van der Waals surface area contributed by atoms with Crippen molar-refractivity contribution in [1.82, 2.24) is 0 Å². The summed E-state index contributed by atoms with van der Waals surface area (Å²) in [5.41, 5.74) is 0.359. The fraction of sp³-hybridized carbons (Fsp3) is 0.294. The Morgan fingerprint density at radius 3 is 1.47 bits per heavy atom. The topological polar surface area (TPSA) is 20.2 Å². The summed E-state index contributed by atoms with van der Waals surface area (Å²) in [6, 6.07) is 20.4. The molecule has 1 N–H and O–H groups in total. The lowest BCUT2D eigenvalue weighted by atomic mass is 10.3. The number of benzene rings is 2. The highest BCUT2D eigenvalue weighted by Crippen LogP contribution is 2.26. The molecule has 0 unspecified atom stereocenters. The van der Waals surface area contributed by atoms with Gasteiger partial charge >= 0.3 is 0 Å². The smallest absolute Gasteiger partial charge is 0.255 e. The normalized spacial score (nSPS) is 11.8. The molecule has 0 fully saturated rings. The summed E-state index contributed by atoms with van der Waals surface area (Å²) in [6.45, 7) is 4.36. The van der Waals surface area contributed by atoms with E-state index >= 15 is 0 Å². The molecule has 0 saturated heterocycles. The summed E-state index contributed by atoms with van der Waals surface area (Å²) in [7, 11) is -2.63. The van der Waals surface area contributed by atoms with Crippen LogP contribution >= 0.6 is 0 Å². The highest BCUT2D eigenvalue weighted by atomic mass is 28.4. The monoisotopic (exact) mass is 270 g/mol. The molecule has 0 spiro atoms. The van der Waals surface area contributed by atoms with Gasteiger partial charge in [-0.1, -0.05) is 87.4 Å². The van der Waals surface area contributed by atoms with E-state index in [1.54, 1.807) is 0 Å². The molecule has 0 heterocycles. The van der Waals surface area contributed by atoms with E-state index < -0.39 is 8.32 Å². The van der Waals surface area contributed by atoms with Gasteiger partial charge in [-0.05, 0) is 15.9 Å². The molecule has 2 rings (SSSR count). The van der Waals surface area contributed by atoms with Gasteiger partial charge in [0.25, 0.3) is 8.32 Å². The molecule has 0 aliphatic rings. The van der Waals surface area contributed by atoms with Crippen LogP contribution in [0.15, 0.2) is 60.7 Å². The van der Waals surface area contributed by atoms with Crippen LogP contribution in [0.2, 0.25) is 5.54 Å². The molecule has 2 heteroatoms. The predicted octanol–water partition coefficient (Wildman–Crippen LogP) is 2.93. The van der Waals surface area contributed by atoms with Gasteiger partial charge in [0.15, 0.2) is 0 Å². The summed E-state index contributed by atoms with van der Waals surface area (Å²) in [4.78, 5) is 11.6. The highest BCUT2D eigenvalue weighted by Gasteiger charge is 2.41. The molecule has 0 aliphatic carbocycles. The van der Waals surface area contributed by atoms with Crippen molar-refractivity contribution in [1.29, 1.82) is 0 Å². The molecule has 2 aromatic rings. The van der Waals surface area contributed by atoms with Crippen LogP contribution in [0.25, 0.3) is 0 Å². The van der Waals surface area contributed by atoms with Crippen LogP contribution in [-0.4, -0.2) is 13.1 Å². The maximum atomic E-state index is 11.6. The maximum Gasteiger partial charge on any atom is 0.255 e. The zero-order valence-electron chi connectivity index (χ0n) is 11.7. The van der Waals surface area contributed by atoms with Crippen molar-refractivity contribution >= 4 is 18.7 Å². The zero-order chi connectivity index (χ0) is 13.7. The summed E-state index contributed by atoms with van der Waals surface area (Å²) in [6.07, 6.45) is 2.03. The van der Waals surface area contributed by atoms with Gasteiger partial charge in [0.05, 0.1) is 0 Å². The molecule has 2 aromatic carbocycles. The first-order valence-electron chi connectivity index (χ1n) is 7.06. The molecule has 0 bridgehead atoms. The van der Waals surface area contributed by atoms with Gasteiger partial charge in [-0.25, -0.2) is 0 Å². The Balaban J connectivity index is 2.57. The first-order chi connectivity index (χ1) is 9.23. The van der Waals surface area contributed by atoms with Crippen LogP contribution < -0.4 is 10.4 Å². The summed E-state index contributed by atoms with van der Waals surface area (Å²) in [5.74, 6) is 0. The Labute approximate surface area is 117 Å². The van der Waals surface area contributed by atoms with Gasteiger partial charge in [-0.2, -0.15) is 0 Å². The van der Waals surface area contributed by atoms with Gasteiger partial charge in [-0.15, -0.1) is 0 Å². The van der Waals surface area contributed by atoms with E-state index in [1.165, 1.54) is 0 Å². The summed E-state index contributed by atoms with van der Waals surface area (Å²) >= 11 is 0. The molecule has 0 aliphatic heterocycles. The maximum absolute atomic E-state index is 11.6. The molecular formula is C17H22OSi. The fourth-order valence-electron chi connectivity index (χ4n) is 2.90. The standard InChI is InChI=1S/C17H22OSi/c1-3-15(4-2)19(18,16-11-7-5-8-12-16)17-13-9-6-10-14-17/h5-15,18H,3-4H2,1-2H3. The molecule has 0 amide bonds. The Hall–Kier alpha value is -1.38. The SMILES string of the molecule is CCC(CC)[Si](O)(c1ccccc1)c1ccccc1. The van der Waals surface area contributed by atoms with E-state index in [9.17, 15) is 4.80 Å². The van der Waals surface area contributed by atoms with Crippen molar-refractivity contribution in [3.05, 3.63) is 60.7 Å². The second-order valence-corrected chi connectivity index (χ2v) is 8.52. The first kappa shape index (κ1) is 14.0. The third kappa shape index (κ3) is 2.65. The molecular weight excluding hydrogens is 248 g/mol. The van der Waals surface area contributed by atoms with Gasteiger partial charge in [0.1, 0.15) is 0 Å². The number of hydrogen-bond donors (Lipinski definition) is 1. The third-order valence-electron chi connectivity index (χ3n) is 4.00. The van der Waals surface area contributed by atoms with Crippen LogP contribution in [-0.2, 0) is 0 Å². The minimum absolute atomic E-state index is 0.359. The van der Waals surface area contributed by atoms with E-state index in [4.69, 9.17) is 0 Å². The Kier molecular flexibility index (Phi) is 4.56. The molecule has 100 valence electrons. The quantitative estimate of drug-likeness (QED) is 0.828. The van der Waals surface area contributed by atoms with Crippen molar-refractivity contribution in [3.63, 3.8) is 0 Å². The molecule has 0 radical (unpaired) electrons. The van der Waals surface area contributed by atoms with Gasteiger partial charge in [-0.3, -0.25) is 0 Å². The van der Waals surface area contributed by atoms with Crippen molar-refractivity contribution in [2.45, 2.75) is 32.2 Å². The zero-order valence-corrected chi connectivity index (χ0v) is 12.7. The lowest BCUT2D eigenvalue weighted by molar-refractivity contribution is 0.524. The van der Waals surface area contributed by atoms with E-state index in [0.29, 0.717) is 5.54 Å². The highest BCUT2D eigenvalue weighted by molar-refractivity contribution is 6.97. The summed E-state index contributed by atoms with van der Waals surface area (Å²) < 4.78 is 0. The van der Waals surface area contributed by atoms with Crippen LogP contribution in [0.1, 0.15) is 26.7 Å². The van der Waals surface area contributed by atoms with Crippen LogP contribution in [0, 0.1) is 0 Å². The minimum atomic E-state index is -2.63. The fourth-order valence-corrected chi connectivity index (χ4v) is 6.76. The average molecular weight is 270 g/mol. The molecule has 0 atom stereocenters. The van der Waals surface area contributed by atoms with Crippen molar-refractivity contribution in [2.24, 2.45) is 0 Å². The van der Waals surface area contributed by atoms with Crippen molar-refractivity contribution in [2.75, 3.05) is 0 Å². The second-order valence-electron chi connectivity index (χ2n) is 5.01. The Morgan fingerprint density at radius 2 is 1.16 bits per heavy atom. The molecule has 0 aromatic heterocycles. The lowest BCUT2D eigenvalue weighted by Crippen LogP contribution is -2.61. The van der Waals surface area contributed by atoms with Crippen molar-refractivity contribution in [3.8, 4) is 0 Å². The number of hydrogen-bond acceptors (Lipinski definition) is 1. The largest absolute Gasteiger partial charge is 0.424 e.